The molecule has 12 aromatic rings. The average Bonchev–Trinajstić information content (AvgIpc) is 1.50. The van der Waals surface area contributed by atoms with Crippen LogP contribution in [0.5, 0.6) is 0 Å². The van der Waals surface area contributed by atoms with Crippen molar-refractivity contribution in [3.63, 3.8) is 0 Å². The van der Waals surface area contributed by atoms with E-state index in [0.29, 0.717) is 0 Å². The van der Waals surface area contributed by atoms with E-state index in [4.69, 9.17) is 1.37 Å². The number of fused-ring (bicyclic) bond motifs is 4. The Morgan fingerprint density at radius 1 is 0.224 bits per heavy atom. The molecular weight excluding hydrogens is 1400 g/mol. The van der Waals surface area contributed by atoms with Crippen molar-refractivity contribution in [2.75, 3.05) is 0 Å². The van der Waals surface area contributed by atoms with Gasteiger partial charge in [0.25, 0.3) is 0 Å². The number of pyridine rings is 4. The van der Waals surface area contributed by atoms with E-state index in [0.717, 1.165) is 84.9 Å². The minimum absolute atomic E-state index is 0.371. The Bertz CT molecular complexity index is 5440. The summed E-state index contributed by atoms with van der Waals surface area (Å²) in [5, 5.41) is 0. The van der Waals surface area contributed by atoms with Crippen molar-refractivity contribution in [2.45, 2.75) is 205 Å². The lowest BCUT2D eigenvalue weighted by Crippen LogP contribution is -2.30. The lowest BCUT2D eigenvalue weighted by atomic mass is 9.66. The SMILES string of the molecule is Cc1ccccc1-c1cc(-c2ccc(C3CCC4CCCC[C@H]4C3)cc2)cc[n+]1C.Cc1ccccc1-c1cc(-c2ccc(C3C[C@H]4CCC[C@H]4C3)cc2)cc[n+]1C.[2H]C1(c2ccc(-c3cc[n+](C)c(-c4ccccc4C)c3)cc2)CCC2CCCC[C@H]2C1.[2H]C1(c2ccc(-c3cc[n+](C)c(-c4ccccc4C)c3)cc2)C[C@H]2CCC[C@H]2C1. The van der Waals surface area contributed by atoms with Gasteiger partial charge in [-0.15, -0.1) is 0 Å². The van der Waals surface area contributed by atoms with Crippen LogP contribution in [0.25, 0.3) is 89.5 Å². The van der Waals surface area contributed by atoms with Crippen molar-refractivity contribution >= 4 is 0 Å². The van der Waals surface area contributed by atoms with Crippen molar-refractivity contribution < 1.29 is 21.0 Å². The summed E-state index contributed by atoms with van der Waals surface area (Å²) in [4.78, 5) is 0. The number of rotatable bonds is 12. The second-order valence-electron chi connectivity index (χ2n) is 36.9. The van der Waals surface area contributed by atoms with Gasteiger partial charge >= 0.3 is 0 Å². The molecule has 0 spiro atoms. The summed E-state index contributed by atoms with van der Waals surface area (Å²) in [6.45, 7) is 8.72. The minimum atomic E-state index is -0.396. The molecule has 116 heavy (non-hydrogen) atoms. The largest absolute Gasteiger partial charge is 0.213 e. The second kappa shape index (κ2) is 36.1. The van der Waals surface area contributed by atoms with Crippen molar-refractivity contribution in [2.24, 2.45) is 75.5 Å². The molecule has 8 fully saturated rings. The molecule has 0 N–H and O–H groups in total. The van der Waals surface area contributed by atoms with Crippen LogP contribution in [-0.4, -0.2) is 0 Å². The Morgan fingerprint density at radius 2 is 0.483 bits per heavy atom. The summed E-state index contributed by atoms with van der Waals surface area (Å²) in [7, 11) is 8.48. The number of aryl methyl sites for hydroxylation is 8. The van der Waals surface area contributed by atoms with Crippen LogP contribution in [0.15, 0.2) is 267 Å². The Balaban J connectivity index is 0.000000113. The Labute approximate surface area is 699 Å². The summed E-state index contributed by atoms with van der Waals surface area (Å²) in [6, 6.07) is 89.3. The standard InChI is InChI=1S/2C29H34N.2C27H30N/c2*1-21-7-3-6-10-28(21)29-20-27(17-18-30(29)2)24-13-11-23(12-14-24)26-16-15-22-8-4-5-9-25(22)19-26;2*1-19-6-3-4-9-26(19)27-18-24(14-15-28(27)2)20-10-12-21(13-11-20)25-16-22-7-5-8-23(22)17-25/h2*3,6-7,10-14,17-18,20,22,25-26H,4-5,8-9,15-16,19H2,1-2H3;2*3-4,6,9-15,18,22-23,25H,5,7-8,16-17H2,1-2H3/q4*+1/t2*22?,25-,26?;2*22-,23+,25?/m00../s1/i26D;;25D;. The molecule has 20 rings (SSSR count). The maximum atomic E-state index is 9.25. The van der Waals surface area contributed by atoms with E-state index in [-0.39, 0.29) is 5.89 Å². The predicted octanol–water partition coefficient (Wildman–Crippen LogP) is 27.3. The van der Waals surface area contributed by atoms with E-state index in [1.54, 1.807) is 11.1 Å². The monoisotopic (exact) mass is 1530 g/mol. The van der Waals surface area contributed by atoms with E-state index in [1.807, 2.05) is 0 Å². The van der Waals surface area contributed by atoms with Crippen LogP contribution in [0.1, 0.15) is 225 Å². The summed E-state index contributed by atoms with van der Waals surface area (Å²) in [6.07, 6.45) is 41.1. The average molecular weight is 1530 g/mol. The van der Waals surface area contributed by atoms with E-state index < -0.39 is 5.89 Å². The van der Waals surface area contributed by atoms with E-state index in [9.17, 15) is 1.37 Å². The Morgan fingerprint density at radius 3 is 0.836 bits per heavy atom. The predicted molar refractivity (Wildman–Crippen MR) is 483 cm³/mol. The number of hydrogen-bond donors (Lipinski definition) is 0. The van der Waals surface area contributed by atoms with Crippen LogP contribution >= 0.6 is 0 Å². The molecule has 4 heteroatoms. The van der Waals surface area contributed by atoms with Crippen molar-refractivity contribution in [3.8, 4) is 89.5 Å². The first kappa shape index (κ1) is 76.3. The molecule has 8 aliphatic rings. The second-order valence-corrected chi connectivity index (χ2v) is 36.9. The molecule has 592 valence electrons. The van der Waals surface area contributed by atoms with Gasteiger partial charge in [-0.3, -0.25) is 0 Å². The molecule has 0 bridgehead atoms. The summed E-state index contributed by atoms with van der Waals surface area (Å²) in [5.74, 6) is 8.07. The Kier molecular flexibility index (Phi) is 23.7. The van der Waals surface area contributed by atoms with Gasteiger partial charge in [-0.2, -0.15) is 0 Å². The lowest BCUT2D eigenvalue weighted by Gasteiger charge is -2.39. The molecule has 12 atom stereocenters. The third kappa shape index (κ3) is 17.8. The van der Waals surface area contributed by atoms with Crippen LogP contribution in [0.4, 0.5) is 0 Å². The number of nitrogens with zero attached hydrogens (tertiary/aromatic N) is 4. The topological polar surface area (TPSA) is 15.5 Å². The van der Waals surface area contributed by atoms with Gasteiger partial charge in [-0.1, -0.05) is 260 Å². The van der Waals surface area contributed by atoms with Gasteiger partial charge in [0.1, 0.15) is 28.2 Å². The maximum Gasteiger partial charge on any atom is 0.213 e. The fraction of sp³-hybridized carbons (Fsp3) is 0.393. The molecule has 8 aliphatic carbocycles. The van der Waals surface area contributed by atoms with Crippen LogP contribution < -0.4 is 18.3 Å². The smallest absolute Gasteiger partial charge is 0.201 e. The summed E-state index contributed by atoms with van der Waals surface area (Å²) in [5.41, 5.74) is 31.1. The quantitative estimate of drug-likeness (QED) is 0.108. The zero-order chi connectivity index (χ0) is 81.0. The first-order chi connectivity index (χ1) is 57.4. The first-order valence-corrected chi connectivity index (χ1v) is 45.1. The van der Waals surface area contributed by atoms with Crippen LogP contribution in [0.2, 0.25) is 0 Å². The maximum absolute atomic E-state index is 9.25. The third-order valence-electron chi connectivity index (χ3n) is 29.7. The van der Waals surface area contributed by atoms with Gasteiger partial charge in [0.05, 0.1) is 0 Å². The molecular formula is C112H128N4+4. The summed E-state index contributed by atoms with van der Waals surface area (Å²) < 4.78 is 27.2. The molecule has 6 unspecified atom stereocenters. The first-order valence-electron chi connectivity index (χ1n) is 46.1. The molecule has 0 saturated heterocycles. The highest BCUT2D eigenvalue weighted by molar-refractivity contribution is 5.74. The fourth-order valence-electron chi connectivity index (χ4n) is 22.8. The van der Waals surface area contributed by atoms with Gasteiger partial charge in [0.2, 0.25) is 22.8 Å². The highest BCUT2D eigenvalue weighted by Crippen LogP contribution is 2.53. The number of benzene rings is 8. The molecule has 0 amide bonds. The fourth-order valence-corrected chi connectivity index (χ4v) is 22.8. The van der Waals surface area contributed by atoms with E-state index >= 15 is 0 Å². The van der Waals surface area contributed by atoms with Crippen LogP contribution in [0, 0.1) is 75.0 Å². The van der Waals surface area contributed by atoms with Crippen LogP contribution in [0.3, 0.4) is 0 Å². The van der Waals surface area contributed by atoms with Gasteiger partial charge < -0.3 is 0 Å². The zero-order valence-corrected chi connectivity index (χ0v) is 70.9. The molecule has 4 aromatic heterocycles. The molecule has 0 radical (unpaired) electrons. The third-order valence-corrected chi connectivity index (χ3v) is 29.7. The Hall–Kier alpha value is -9.64. The molecule has 8 saturated carbocycles. The zero-order valence-electron chi connectivity index (χ0n) is 72.9. The summed E-state index contributed by atoms with van der Waals surface area (Å²) >= 11 is 0. The van der Waals surface area contributed by atoms with E-state index in [2.05, 4.69) is 342 Å². The number of aromatic nitrogens is 4. The normalized spacial score (nSPS) is 25.2. The van der Waals surface area contributed by atoms with Gasteiger partial charge in [0.15, 0.2) is 24.8 Å². The molecule has 4 nitrogen and oxygen atoms in total. The van der Waals surface area contributed by atoms with Crippen molar-refractivity contribution in [1.82, 2.24) is 0 Å². The number of hydrogen-bond acceptors (Lipinski definition) is 0. The highest BCUT2D eigenvalue weighted by atomic mass is 14.9. The van der Waals surface area contributed by atoms with Crippen molar-refractivity contribution in [3.05, 3.63) is 312 Å². The van der Waals surface area contributed by atoms with Gasteiger partial charge in [-0.05, 0) is 276 Å². The lowest BCUT2D eigenvalue weighted by molar-refractivity contribution is -0.660. The van der Waals surface area contributed by atoms with Crippen molar-refractivity contribution in [1.29, 1.82) is 0 Å². The molecule has 0 aliphatic heterocycles. The van der Waals surface area contributed by atoms with E-state index in [1.165, 1.54) is 251 Å². The minimum Gasteiger partial charge on any atom is -0.201 e. The molecule has 4 heterocycles. The molecule has 8 aromatic carbocycles. The van der Waals surface area contributed by atoms with Gasteiger partial charge in [0, 0.05) is 73.5 Å². The highest BCUT2D eigenvalue weighted by Gasteiger charge is 2.40. The van der Waals surface area contributed by atoms with Crippen LogP contribution in [-0.2, 0) is 28.2 Å². The van der Waals surface area contributed by atoms with Gasteiger partial charge in [-0.25, -0.2) is 18.3 Å².